The Morgan fingerprint density at radius 2 is 2.08 bits per heavy atom. The molecule has 7 heteroatoms. The standard InChI is InChI=1S/C19H21N5O2/c1-11-15(12(2)24-17(22-11)8-18(25)23-24)10-21-19(26)16-7-13-5-3-4-6-14(13)9-20-16/h3-6,8,16,20H,7,9-10H2,1-2H3,(H,21,26)(H,23,25)/t16-/m1/s1. The molecule has 1 amide bonds. The molecule has 0 saturated carbocycles. The van der Waals surface area contributed by atoms with Crippen molar-refractivity contribution in [2.45, 2.75) is 39.4 Å². The van der Waals surface area contributed by atoms with Gasteiger partial charge in [-0.15, -0.1) is 0 Å². The van der Waals surface area contributed by atoms with Gasteiger partial charge in [-0.1, -0.05) is 24.3 Å². The Morgan fingerprint density at radius 1 is 1.31 bits per heavy atom. The lowest BCUT2D eigenvalue weighted by Gasteiger charge is -2.25. The number of aryl methyl sites for hydroxylation is 2. The molecule has 26 heavy (non-hydrogen) atoms. The molecule has 3 N–H and O–H groups in total. The van der Waals surface area contributed by atoms with Crippen molar-refractivity contribution in [3.05, 3.63) is 68.8 Å². The molecule has 0 radical (unpaired) electrons. The fraction of sp³-hybridized carbons (Fsp3) is 0.316. The van der Waals surface area contributed by atoms with Crippen LogP contribution in [-0.4, -0.2) is 26.5 Å². The van der Waals surface area contributed by atoms with Gasteiger partial charge in [-0.2, -0.15) is 0 Å². The Bertz CT molecular complexity index is 1050. The lowest BCUT2D eigenvalue weighted by atomic mass is 9.95. The van der Waals surface area contributed by atoms with Crippen LogP contribution in [0.25, 0.3) is 5.65 Å². The molecule has 2 aromatic heterocycles. The van der Waals surface area contributed by atoms with E-state index in [2.05, 4.69) is 32.8 Å². The number of rotatable bonds is 3. The normalized spacial score (nSPS) is 16.5. The Hall–Kier alpha value is -2.93. The number of fused-ring (bicyclic) bond motifs is 2. The number of aromatic amines is 1. The summed E-state index contributed by atoms with van der Waals surface area (Å²) in [5.41, 5.74) is 5.45. The fourth-order valence-electron chi connectivity index (χ4n) is 3.55. The molecule has 3 aromatic rings. The van der Waals surface area contributed by atoms with Crippen LogP contribution in [0.4, 0.5) is 0 Å². The van der Waals surface area contributed by atoms with E-state index in [4.69, 9.17) is 0 Å². The largest absolute Gasteiger partial charge is 0.351 e. The van der Waals surface area contributed by atoms with Gasteiger partial charge in [0.1, 0.15) is 0 Å². The second-order valence-electron chi connectivity index (χ2n) is 6.70. The van der Waals surface area contributed by atoms with E-state index in [9.17, 15) is 9.59 Å². The van der Waals surface area contributed by atoms with Crippen molar-refractivity contribution in [3.63, 3.8) is 0 Å². The zero-order chi connectivity index (χ0) is 18.3. The van der Waals surface area contributed by atoms with Crippen LogP contribution in [0.3, 0.4) is 0 Å². The summed E-state index contributed by atoms with van der Waals surface area (Å²) < 4.78 is 1.66. The zero-order valence-corrected chi connectivity index (χ0v) is 14.8. The fourth-order valence-corrected chi connectivity index (χ4v) is 3.55. The summed E-state index contributed by atoms with van der Waals surface area (Å²) in [6, 6.07) is 9.40. The second-order valence-corrected chi connectivity index (χ2v) is 6.70. The van der Waals surface area contributed by atoms with Gasteiger partial charge in [-0.05, 0) is 31.4 Å². The van der Waals surface area contributed by atoms with Crippen LogP contribution in [0.2, 0.25) is 0 Å². The van der Waals surface area contributed by atoms with E-state index in [0.29, 0.717) is 25.2 Å². The molecule has 0 unspecified atom stereocenters. The number of hydrogen-bond acceptors (Lipinski definition) is 4. The lowest BCUT2D eigenvalue weighted by molar-refractivity contribution is -0.123. The highest BCUT2D eigenvalue weighted by Crippen LogP contribution is 2.17. The average molecular weight is 351 g/mol. The molecule has 1 aliphatic heterocycles. The summed E-state index contributed by atoms with van der Waals surface area (Å²) >= 11 is 0. The van der Waals surface area contributed by atoms with Crippen molar-refractivity contribution in [1.82, 2.24) is 25.2 Å². The predicted octanol–water partition coefficient (Wildman–Crippen LogP) is 0.970. The summed E-state index contributed by atoms with van der Waals surface area (Å²) in [5, 5.41) is 9.03. The van der Waals surface area contributed by atoms with Gasteiger partial charge in [0.2, 0.25) is 5.91 Å². The number of hydrogen-bond donors (Lipinski definition) is 3. The minimum atomic E-state index is -0.242. The van der Waals surface area contributed by atoms with Gasteiger partial charge in [0.05, 0.1) is 6.04 Å². The number of H-pyrrole nitrogens is 1. The number of benzene rings is 1. The van der Waals surface area contributed by atoms with Crippen molar-refractivity contribution in [1.29, 1.82) is 0 Å². The van der Waals surface area contributed by atoms with Crippen LogP contribution in [0.15, 0.2) is 35.1 Å². The number of nitrogens with one attached hydrogen (secondary N) is 3. The second kappa shape index (κ2) is 6.42. The quantitative estimate of drug-likeness (QED) is 0.656. The molecule has 1 aromatic carbocycles. The molecule has 7 nitrogen and oxygen atoms in total. The van der Waals surface area contributed by atoms with Gasteiger partial charge < -0.3 is 10.6 Å². The van der Waals surface area contributed by atoms with Crippen LogP contribution in [0.5, 0.6) is 0 Å². The lowest BCUT2D eigenvalue weighted by Crippen LogP contribution is -2.47. The van der Waals surface area contributed by atoms with E-state index < -0.39 is 0 Å². The first-order chi connectivity index (χ1) is 12.5. The van der Waals surface area contributed by atoms with Gasteiger partial charge in [0.15, 0.2) is 5.65 Å². The van der Waals surface area contributed by atoms with E-state index in [1.165, 1.54) is 17.2 Å². The SMILES string of the molecule is Cc1nc2cc(=O)[nH]n2c(C)c1CNC(=O)[C@H]1Cc2ccccc2CN1. The molecule has 3 heterocycles. The maximum atomic E-state index is 12.6. The van der Waals surface area contributed by atoms with E-state index >= 15 is 0 Å². The number of nitrogens with zero attached hydrogens (tertiary/aromatic N) is 2. The number of amides is 1. The number of carbonyl (C=O) groups is 1. The molecular weight excluding hydrogens is 330 g/mol. The first-order valence-corrected chi connectivity index (χ1v) is 8.68. The molecule has 134 valence electrons. The van der Waals surface area contributed by atoms with Crippen LogP contribution in [-0.2, 0) is 24.3 Å². The molecule has 0 bridgehead atoms. The van der Waals surface area contributed by atoms with E-state index in [-0.39, 0.29) is 17.5 Å². The minimum Gasteiger partial charge on any atom is -0.351 e. The van der Waals surface area contributed by atoms with Gasteiger partial charge in [0.25, 0.3) is 5.56 Å². The van der Waals surface area contributed by atoms with Gasteiger partial charge >= 0.3 is 0 Å². The smallest absolute Gasteiger partial charge is 0.266 e. The van der Waals surface area contributed by atoms with Crippen molar-refractivity contribution in [2.24, 2.45) is 0 Å². The molecule has 1 atom stereocenters. The van der Waals surface area contributed by atoms with E-state index in [1.54, 1.807) is 4.52 Å². The maximum Gasteiger partial charge on any atom is 0.266 e. The van der Waals surface area contributed by atoms with Crippen LogP contribution < -0.4 is 16.2 Å². The summed E-state index contributed by atoms with van der Waals surface area (Å²) in [6.07, 6.45) is 0.683. The number of carbonyl (C=O) groups excluding carboxylic acids is 1. The Kier molecular flexibility index (Phi) is 4.08. The van der Waals surface area contributed by atoms with Crippen LogP contribution in [0, 0.1) is 13.8 Å². The molecule has 0 spiro atoms. The Balaban J connectivity index is 1.50. The van der Waals surface area contributed by atoms with Gasteiger partial charge in [0, 0.05) is 36.1 Å². The molecule has 4 rings (SSSR count). The van der Waals surface area contributed by atoms with E-state index in [0.717, 1.165) is 17.0 Å². The summed E-state index contributed by atoms with van der Waals surface area (Å²) in [5.74, 6) is -0.0283. The third-order valence-corrected chi connectivity index (χ3v) is 5.04. The molecular formula is C19H21N5O2. The molecule has 0 fully saturated rings. The Labute approximate surface area is 150 Å². The van der Waals surface area contributed by atoms with Crippen LogP contribution in [0.1, 0.15) is 28.1 Å². The average Bonchev–Trinajstić information content (AvgIpc) is 3.01. The third kappa shape index (κ3) is 2.90. The first-order valence-electron chi connectivity index (χ1n) is 8.68. The highest BCUT2D eigenvalue weighted by Gasteiger charge is 2.24. The van der Waals surface area contributed by atoms with Gasteiger partial charge in [-0.3, -0.25) is 14.7 Å². The molecule has 0 saturated heterocycles. The first kappa shape index (κ1) is 16.5. The minimum absolute atomic E-state index is 0.0283. The van der Waals surface area contributed by atoms with Crippen molar-refractivity contribution in [3.8, 4) is 0 Å². The summed E-state index contributed by atoms with van der Waals surface area (Å²) in [7, 11) is 0. The van der Waals surface area contributed by atoms with Crippen LogP contribution >= 0.6 is 0 Å². The Morgan fingerprint density at radius 3 is 2.88 bits per heavy atom. The zero-order valence-electron chi connectivity index (χ0n) is 14.8. The predicted molar refractivity (Wildman–Crippen MR) is 97.9 cm³/mol. The van der Waals surface area contributed by atoms with Crippen molar-refractivity contribution >= 4 is 11.6 Å². The summed E-state index contributed by atoms with van der Waals surface area (Å²) in [4.78, 5) is 28.6. The maximum absolute atomic E-state index is 12.6. The monoisotopic (exact) mass is 351 g/mol. The highest BCUT2D eigenvalue weighted by atomic mass is 16.2. The molecule has 1 aliphatic rings. The highest BCUT2D eigenvalue weighted by molar-refractivity contribution is 5.82. The summed E-state index contributed by atoms with van der Waals surface area (Å²) in [6.45, 7) is 4.87. The van der Waals surface area contributed by atoms with Gasteiger partial charge in [-0.25, -0.2) is 9.50 Å². The molecule has 0 aliphatic carbocycles. The van der Waals surface area contributed by atoms with Crippen molar-refractivity contribution in [2.75, 3.05) is 0 Å². The topological polar surface area (TPSA) is 91.3 Å². The number of aromatic nitrogens is 3. The van der Waals surface area contributed by atoms with Crippen molar-refractivity contribution < 1.29 is 4.79 Å². The third-order valence-electron chi connectivity index (χ3n) is 5.04. The van der Waals surface area contributed by atoms with E-state index in [1.807, 2.05) is 26.0 Å².